The fourth-order valence-corrected chi connectivity index (χ4v) is 2.24. The van der Waals surface area contributed by atoms with Crippen LogP contribution < -0.4 is 5.32 Å². The van der Waals surface area contributed by atoms with Gasteiger partial charge >= 0.3 is 0 Å². The molecule has 0 bridgehead atoms. The van der Waals surface area contributed by atoms with Crippen LogP contribution in [0.3, 0.4) is 0 Å². The maximum Gasteiger partial charge on any atom is 0.272 e. The van der Waals surface area contributed by atoms with Crippen molar-refractivity contribution in [2.24, 2.45) is 0 Å². The second kappa shape index (κ2) is 6.65. The molecule has 2 aromatic rings. The largest absolute Gasteiger partial charge is 0.352 e. The Kier molecular flexibility index (Phi) is 4.66. The van der Waals surface area contributed by atoms with Crippen LogP contribution in [-0.2, 0) is 11.2 Å². The van der Waals surface area contributed by atoms with Gasteiger partial charge in [-0.15, -0.1) is 0 Å². The van der Waals surface area contributed by atoms with Gasteiger partial charge in [-0.3, -0.25) is 14.9 Å². The highest BCUT2D eigenvalue weighted by Gasteiger charge is 2.18. The van der Waals surface area contributed by atoms with Crippen molar-refractivity contribution in [1.82, 2.24) is 5.32 Å². The lowest BCUT2D eigenvalue weighted by molar-refractivity contribution is -0.385. The van der Waals surface area contributed by atoms with Gasteiger partial charge in [-0.25, -0.2) is 0 Å². The van der Waals surface area contributed by atoms with Crippen molar-refractivity contribution in [2.45, 2.75) is 19.4 Å². The SMILES string of the molecule is Cc1ccc([C@@H](Cc2ccccc2[N+](=O)[O-])NC=O)cc1. The maximum absolute atomic E-state index is 11.1. The normalized spacial score (nSPS) is 11.7. The van der Waals surface area contributed by atoms with E-state index >= 15 is 0 Å². The third-order valence-corrected chi connectivity index (χ3v) is 3.36. The summed E-state index contributed by atoms with van der Waals surface area (Å²) in [6, 6.07) is 14.0. The van der Waals surface area contributed by atoms with Gasteiger partial charge in [0.1, 0.15) is 0 Å². The molecule has 0 spiro atoms. The minimum absolute atomic E-state index is 0.0716. The van der Waals surface area contributed by atoms with Crippen LogP contribution in [0.1, 0.15) is 22.7 Å². The lowest BCUT2D eigenvalue weighted by Gasteiger charge is -2.17. The average Bonchev–Trinajstić information content (AvgIpc) is 2.48. The van der Waals surface area contributed by atoms with Crippen molar-refractivity contribution in [3.05, 3.63) is 75.3 Å². The fourth-order valence-electron chi connectivity index (χ4n) is 2.24. The molecule has 1 atom stereocenters. The minimum Gasteiger partial charge on any atom is -0.352 e. The number of nitrogens with one attached hydrogen (secondary N) is 1. The molecule has 0 aliphatic carbocycles. The lowest BCUT2D eigenvalue weighted by Crippen LogP contribution is -2.22. The summed E-state index contributed by atoms with van der Waals surface area (Å²) >= 11 is 0. The highest BCUT2D eigenvalue weighted by Crippen LogP contribution is 2.25. The van der Waals surface area contributed by atoms with Crippen LogP contribution in [0.25, 0.3) is 0 Å². The number of carbonyl (C=O) groups is 1. The van der Waals surface area contributed by atoms with Gasteiger partial charge in [0.05, 0.1) is 11.0 Å². The molecule has 0 aromatic heterocycles. The van der Waals surface area contributed by atoms with Crippen molar-refractivity contribution in [3.8, 4) is 0 Å². The minimum atomic E-state index is -0.400. The Balaban J connectivity index is 2.30. The molecule has 0 aliphatic heterocycles. The van der Waals surface area contributed by atoms with E-state index in [2.05, 4.69) is 5.32 Å². The Morgan fingerprint density at radius 3 is 2.48 bits per heavy atom. The summed E-state index contributed by atoms with van der Waals surface area (Å²) < 4.78 is 0. The molecule has 5 nitrogen and oxygen atoms in total. The van der Waals surface area contributed by atoms with Crippen LogP contribution in [0.5, 0.6) is 0 Å². The number of benzene rings is 2. The number of aryl methyl sites for hydroxylation is 1. The Bertz CT molecular complexity index is 638. The number of nitro groups is 1. The molecule has 5 heteroatoms. The number of amides is 1. The van der Waals surface area contributed by atoms with E-state index in [4.69, 9.17) is 0 Å². The van der Waals surface area contributed by atoms with Crippen molar-refractivity contribution in [3.63, 3.8) is 0 Å². The first-order chi connectivity index (χ1) is 10.1. The van der Waals surface area contributed by atoms with E-state index in [1.165, 1.54) is 6.07 Å². The monoisotopic (exact) mass is 284 g/mol. The fraction of sp³-hybridized carbons (Fsp3) is 0.188. The Morgan fingerprint density at radius 1 is 1.19 bits per heavy atom. The van der Waals surface area contributed by atoms with Crippen LogP contribution in [0.15, 0.2) is 48.5 Å². The van der Waals surface area contributed by atoms with Crippen molar-refractivity contribution in [1.29, 1.82) is 0 Å². The van der Waals surface area contributed by atoms with Crippen LogP contribution >= 0.6 is 0 Å². The van der Waals surface area contributed by atoms with E-state index < -0.39 is 4.92 Å². The highest BCUT2D eigenvalue weighted by atomic mass is 16.6. The molecule has 0 radical (unpaired) electrons. The number of carbonyl (C=O) groups excluding carboxylic acids is 1. The zero-order valence-electron chi connectivity index (χ0n) is 11.7. The summed E-state index contributed by atoms with van der Waals surface area (Å²) in [4.78, 5) is 21.5. The summed E-state index contributed by atoms with van der Waals surface area (Å²) in [6.07, 6.45) is 0.998. The number of para-hydroxylation sites is 1. The van der Waals surface area contributed by atoms with Gasteiger partial charge in [0.2, 0.25) is 6.41 Å². The zero-order chi connectivity index (χ0) is 15.2. The molecule has 0 saturated carbocycles. The molecular formula is C16H16N2O3. The second-order valence-electron chi connectivity index (χ2n) is 4.84. The molecule has 2 aromatic carbocycles. The molecule has 0 saturated heterocycles. The van der Waals surface area contributed by atoms with E-state index in [0.717, 1.165) is 11.1 Å². The first kappa shape index (κ1) is 14.7. The van der Waals surface area contributed by atoms with E-state index in [1.54, 1.807) is 18.2 Å². The highest BCUT2D eigenvalue weighted by molar-refractivity contribution is 5.49. The average molecular weight is 284 g/mol. The third kappa shape index (κ3) is 3.66. The van der Waals surface area contributed by atoms with Gasteiger partial charge in [-0.05, 0) is 12.5 Å². The summed E-state index contributed by atoms with van der Waals surface area (Å²) in [5.41, 5.74) is 2.71. The van der Waals surface area contributed by atoms with Crippen LogP contribution in [-0.4, -0.2) is 11.3 Å². The van der Waals surface area contributed by atoms with Crippen molar-refractivity contribution >= 4 is 12.1 Å². The molecule has 0 fully saturated rings. The predicted octanol–water partition coefficient (Wildman–Crippen LogP) is 2.93. The van der Waals surface area contributed by atoms with Crippen LogP contribution in [0, 0.1) is 17.0 Å². The first-order valence-corrected chi connectivity index (χ1v) is 6.60. The molecule has 2 rings (SSSR count). The van der Waals surface area contributed by atoms with Crippen LogP contribution in [0.2, 0.25) is 0 Å². The number of rotatable bonds is 6. The number of nitro benzene ring substituents is 1. The first-order valence-electron chi connectivity index (χ1n) is 6.60. The molecule has 0 unspecified atom stereocenters. The zero-order valence-corrected chi connectivity index (χ0v) is 11.7. The molecule has 1 N–H and O–H groups in total. The molecule has 0 aliphatic rings. The molecular weight excluding hydrogens is 268 g/mol. The Hall–Kier alpha value is -2.69. The molecule has 108 valence electrons. The molecule has 1 amide bonds. The van der Waals surface area contributed by atoms with Gasteiger partial charge in [0.25, 0.3) is 5.69 Å². The van der Waals surface area contributed by atoms with Gasteiger partial charge < -0.3 is 5.32 Å². The lowest BCUT2D eigenvalue weighted by atomic mass is 9.97. The van der Waals surface area contributed by atoms with Gasteiger partial charge in [0.15, 0.2) is 0 Å². The molecule has 0 heterocycles. The maximum atomic E-state index is 11.1. The van der Waals surface area contributed by atoms with E-state index in [1.807, 2.05) is 31.2 Å². The quantitative estimate of drug-likeness (QED) is 0.503. The van der Waals surface area contributed by atoms with Gasteiger partial charge in [-0.2, -0.15) is 0 Å². The molecule has 21 heavy (non-hydrogen) atoms. The van der Waals surface area contributed by atoms with E-state index in [0.29, 0.717) is 18.4 Å². The number of hydrogen-bond donors (Lipinski definition) is 1. The van der Waals surface area contributed by atoms with Gasteiger partial charge in [-0.1, -0.05) is 48.0 Å². The second-order valence-corrected chi connectivity index (χ2v) is 4.84. The van der Waals surface area contributed by atoms with Crippen LogP contribution in [0.4, 0.5) is 5.69 Å². The summed E-state index contributed by atoms with van der Waals surface area (Å²) in [5.74, 6) is 0. The van der Waals surface area contributed by atoms with E-state index in [-0.39, 0.29) is 11.7 Å². The van der Waals surface area contributed by atoms with Gasteiger partial charge in [0, 0.05) is 18.1 Å². The van der Waals surface area contributed by atoms with Crippen molar-refractivity contribution in [2.75, 3.05) is 0 Å². The smallest absolute Gasteiger partial charge is 0.272 e. The summed E-state index contributed by atoms with van der Waals surface area (Å²) in [6.45, 7) is 1.98. The Morgan fingerprint density at radius 2 is 1.86 bits per heavy atom. The Labute approximate surface area is 122 Å². The van der Waals surface area contributed by atoms with Crippen molar-refractivity contribution < 1.29 is 9.72 Å². The van der Waals surface area contributed by atoms with E-state index in [9.17, 15) is 14.9 Å². The number of nitrogens with zero attached hydrogens (tertiary/aromatic N) is 1. The number of hydrogen-bond acceptors (Lipinski definition) is 3. The predicted molar refractivity (Wildman–Crippen MR) is 79.9 cm³/mol. The standard InChI is InChI=1S/C16H16N2O3/c1-12-6-8-13(9-7-12)15(17-11-19)10-14-4-2-3-5-16(14)18(20)21/h2-9,11,15H,10H2,1H3,(H,17,19)/t15-/m1/s1. The summed E-state index contributed by atoms with van der Waals surface area (Å²) in [5, 5.41) is 13.8. The third-order valence-electron chi connectivity index (χ3n) is 3.36. The topological polar surface area (TPSA) is 72.2 Å². The summed E-state index contributed by atoms with van der Waals surface area (Å²) in [7, 11) is 0.